The first kappa shape index (κ1) is 27.0. The Bertz CT molecular complexity index is 1410. The molecule has 0 aliphatic heterocycles. The number of aromatic hydroxyl groups is 3. The van der Waals surface area contributed by atoms with Crippen LogP contribution in [0.4, 0.5) is 0 Å². The Balaban J connectivity index is 1.46. The van der Waals surface area contributed by atoms with Gasteiger partial charge in [0.05, 0.1) is 17.9 Å². The molecular weight excluding hydrogens is 486 g/mol. The maximum atomic E-state index is 11.2. The number of nitrogens with one attached hydrogen (secondary N) is 1. The summed E-state index contributed by atoms with van der Waals surface area (Å²) in [5.41, 5.74) is 2.68. The average molecular weight is 522 g/mol. The summed E-state index contributed by atoms with van der Waals surface area (Å²) in [6, 6.07) is 10.4. The quantitative estimate of drug-likeness (QED) is 0.202. The third-order valence-electron chi connectivity index (χ3n) is 6.61. The number of hydrogen-bond acceptors (Lipinski definition) is 7. The van der Waals surface area contributed by atoms with E-state index in [9.17, 15) is 20.1 Å². The highest BCUT2D eigenvalue weighted by atomic mass is 16.5. The van der Waals surface area contributed by atoms with Crippen LogP contribution in [0.5, 0.6) is 17.5 Å². The lowest BCUT2D eigenvalue weighted by molar-refractivity contribution is -0.120. The predicted molar refractivity (Wildman–Crippen MR) is 145 cm³/mol. The minimum Gasteiger partial charge on any atom is -0.508 e. The number of amides is 1. The number of nitrogens with zero attached hydrogens (tertiary/aromatic N) is 4. The molecule has 2 heterocycles. The first-order chi connectivity index (χ1) is 18.3. The van der Waals surface area contributed by atoms with Crippen LogP contribution >= 0.6 is 0 Å². The average Bonchev–Trinajstić information content (AvgIpc) is 3.47. The second-order valence-electron chi connectivity index (χ2n) is 9.59. The standard InChI is InChI=1S/C28H35N5O5/c1-18(2)21-16-22(25(35)17-24(21)34)27-30-31-28(37)33(27)20-8-9-23-19(15-20)10-11-32(23)12-14-38-13-6-4-5-7-26(36)29-3/h8-11,15-18,34-35H,4-7,12-14H2,1-3H3,(H,29,36)(H,31,37). The third-order valence-corrected chi connectivity index (χ3v) is 6.61. The molecule has 4 rings (SSSR count). The molecule has 202 valence electrons. The molecule has 10 heteroatoms. The zero-order valence-electron chi connectivity index (χ0n) is 22.0. The number of unbranched alkanes of at least 4 members (excludes halogenated alkanes) is 2. The number of aromatic nitrogens is 4. The zero-order valence-corrected chi connectivity index (χ0v) is 22.0. The molecule has 0 saturated carbocycles. The van der Waals surface area contributed by atoms with Gasteiger partial charge < -0.3 is 29.9 Å². The van der Waals surface area contributed by atoms with Crippen molar-refractivity contribution in [3.63, 3.8) is 0 Å². The van der Waals surface area contributed by atoms with Crippen LogP contribution in [0.1, 0.15) is 51.0 Å². The smallest absolute Gasteiger partial charge is 0.319 e. The van der Waals surface area contributed by atoms with E-state index >= 15 is 0 Å². The van der Waals surface area contributed by atoms with E-state index in [1.54, 1.807) is 13.1 Å². The van der Waals surface area contributed by atoms with Gasteiger partial charge in [-0.1, -0.05) is 25.4 Å². The van der Waals surface area contributed by atoms with E-state index in [4.69, 9.17) is 4.74 Å². The van der Waals surface area contributed by atoms with Crippen molar-refractivity contribution >= 4 is 16.8 Å². The molecule has 2 aromatic carbocycles. The number of fused-ring (bicyclic) bond motifs is 1. The van der Waals surface area contributed by atoms with Crippen molar-refractivity contribution in [1.82, 2.24) is 24.6 Å². The molecule has 1 amide bonds. The van der Waals surface area contributed by atoms with Crippen molar-refractivity contribution in [2.75, 3.05) is 20.3 Å². The van der Waals surface area contributed by atoms with Crippen molar-refractivity contribution in [3.8, 4) is 34.6 Å². The predicted octanol–water partition coefficient (Wildman–Crippen LogP) is 4.45. The first-order valence-electron chi connectivity index (χ1n) is 12.9. The lowest BCUT2D eigenvalue weighted by Gasteiger charge is -2.14. The molecule has 0 aliphatic rings. The van der Waals surface area contributed by atoms with Crippen molar-refractivity contribution < 1.29 is 24.9 Å². The summed E-state index contributed by atoms with van der Waals surface area (Å²) in [4.78, 5) is 11.2. The number of phenols is 2. The Morgan fingerprint density at radius 3 is 2.58 bits per heavy atom. The van der Waals surface area contributed by atoms with Crippen LogP contribution < -0.4 is 5.32 Å². The molecular formula is C28H35N5O5. The van der Waals surface area contributed by atoms with Crippen LogP contribution in [0, 0.1) is 0 Å². The van der Waals surface area contributed by atoms with Gasteiger partial charge in [0.25, 0.3) is 0 Å². The summed E-state index contributed by atoms with van der Waals surface area (Å²) in [7, 11) is 1.65. The summed E-state index contributed by atoms with van der Waals surface area (Å²) >= 11 is 0. The van der Waals surface area contributed by atoms with Gasteiger partial charge in [-0.3, -0.25) is 4.79 Å². The Hall–Kier alpha value is -4.05. The number of phenolic OH excluding ortho intramolecular Hbond substituents is 2. The van der Waals surface area contributed by atoms with Crippen molar-refractivity contribution in [1.29, 1.82) is 0 Å². The molecule has 4 N–H and O–H groups in total. The maximum absolute atomic E-state index is 11.2. The van der Waals surface area contributed by atoms with Gasteiger partial charge in [0, 0.05) is 49.8 Å². The van der Waals surface area contributed by atoms with E-state index in [1.165, 1.54) is 10.6 Å². The van der Waals surface area contributed by atoms with Gasteiger partial charge in [0.1, 0.15) is 11.5 Å². The highest BCUT2D eigenvalue weighted by Gasteiger charge is 2.21. The van der Waals surface area contributed by atoms with Crippen LogP contribution in [-0.4, -0.2) is 60.8 Å². The summed E-state index contributed by atoms with van der Waals surface area (Å²) in [5.74, 6) is 0.212. The number of hydrogen-bond donors (Lipinski definition) is 4. The van der Waals surface area contributed by atoms with E-state index in [0.717, 1.165) is 30.2 Å². The van der Waals surface area contributed by atoms with Crippen LogP contribution in [0.3, 0.4) is 0 Å². The fraction of sp³-hybridized carbons (Fsp3) is 0.393. The fourth-order valence-electron chi connectivity index (χ4n) is 4.50. The lowest BCUT2D eigenvalue weighted by Crippen LogP contribution is -2.16. The van der Waals surface area contributed by atoms with Crippen molar-refractivity contribution in [2.45, 2.75) is 52.0 Å². The minimum atomic E-state index is -0.305. The van der Waals surface area contributed by atoms with Gasteiger partial charge in [0.2, 0.25) is 5.91 Å². The molecule has 38 heavy (non-hydrogen) atoms. The highest BCUT2D eigenvalue weighted by Crippen LogP contribution is 2.39. The van der Waals surface area contributed by atoms with Gasteiger partial charge >= 0.3 is 6.01 Å². The molecule has 0 atom stereocenters. The Morgan fingerprint density at radius 1 is 1.00 bits per heavy atom. The second-order valence-corrected chi connectivity index (χ2v) is 9.59. The van der Waals surface area contributed by atoms with Gasteiger partial charge in [-0.25, -0.2) is 4.57 Å². The minimum absolute atomic E-state index is 0.00397. The first-order valence-corrected chi connectivity index (χ1v) is 12.9. The van der Waals surface area contributed by atoms with Crippen LogP contribution in [0.2, 0.25) is 0 Å². The summed E-state index contributed by atoms with van der Waals surface area (Å²) in [6.45, 7) is 5.82. The van der Waals surface area contributed by atoms with Crippen molar-refractivity contribution in [3.05, 3.63) is 48.2 Å². The maximum Gasteiger partial charge on any atom is 0.319 e. The molecule has 0 radical (unpaired) electrons. The van der Waals surface area contributed by atoms with Crippen LogP contribution in [0.25, 0.3) is 28.0 Å². The SMILES string of the molecule is CNC(=O)CCCCCOCCn1ccc2cc(-n3c(O)nnc3-c3cc(C(C)C)c(O)cc3O)ccc21. The topological polar surface area (TPSA) is 135 Å². The van der Waals surface area contributed by atoms with Gasteiger partial charge in [0.15, 0.2) is 5.82 Å². The molecule has 0 spiro atoms. The van der Waals surface area contributed by atoms with E-state index < -0.39 is 0 Å². The second kappa shape index (κ2) is 12.0. The Kier molecular flexibility index (Phi) is 8.52. The number of benzene rings is 2. The molecule has 2 aromatic heterocycles. The molecule has 0 bridgehead atoms. The van der Waals surface area contributed by atoms with E-state index in [2.05, 4.69) is 20.1 Å². The monoisotopic (exact) mass is 521 g/mol. The van der Waals surface area contributed by atoms with E-state index in [1.807, 2.05) is 44.3 Å². The van der Waals surface area contributed by atoms with Gasteiger partial charge in [-0.15, -0.1) is 5.10 Å². The van der Waals surface area contributed by atoms with E-state index in [-0.39, 0.29) is 35.2 Å². The largest absolute Gasteiger partial charge is 0.508 e. The van der Waals surface area contributed by atoms with Gasteiger partial charge in [-0.2, -0.15) is 0 Å². The lowest BCUT2D eigenvalue weighted by atomic mass is 9.98. The number of ether oxygens (including phenoxy) is 1. The Labute approximate surface area is 221 Å². The number of carbonyl (C=O) groups is 1. The molecule has 0 saturated heterocycles. The van der Waals surface area contributed by atoms with Gasteiger partial charge in [-0.05, 0) is 54.7 Å². The summed E-state index contributed by atoms with van der Waals surface area (Å²) < 4.78 is 9.36. The summed E-state index contributed by atoms with van der Waals surface area (Å²) in [5, 5.41) is 42.8. The molecule has 10 nitrogen and oxygen atoms in total. The van der Waals surface area contributed by atoms with Crippen LogP contribution in [-0.2, 0) is 16.1 Å². The zero-order chi connectivity index (χ0) is 27.2. The van der Waals surface area contributed by atoms with Crippen LogP contribution in [0.15, 0.2) is 42.6 Å². The normalized spacial score (nSPS) is 11.5. The fourth-order valence-corrected chi connectivity index (χ4v) is 4.50. The molecule has 0 aliphatic carbocycles. The summed E-state index contributed by atoms with van der Waals surface area (Å²) in [6.07, 6.45) is 5.29. The number of rotatable bonds is 12. The van der Waals surface area contributed by atoms with E-state index in [0.29, 0.717) is 43.0 Å². The Morgan fingerprint density at radius 2 is 1.82 bits per heavy atom. The molecule has 0 fully saturated rings. The number of carbonyl (C=O) groups excluding carboxylic acids is 1. The molecule has 4 aromatic rings. The molecule has 0 unspecified atom stereocenters. The third kappa shape index (κ3) is 5.91. The van der Waals surface area contributed by atoms with Crippen molar-refractivity contribution in [2.24, 2.45) is 0 Å². The highest BCUT2D eigenvalue weighted by molar-refractivity contribution is 5.83.